The summed E-state index contributed by atoms with van der Waals surface area (Å²) in [5, 5.41) is 0. The molecule has 108 valence electrons. The van der Waals surface area contributed by atoms with Gasteiger partial charge in [0, 0.05) is 11.8 Å². The largest absolute Gasteiger partial charge is 0.338 e. The Balaban J connectivity index is 2.20. The number of fused-ring (bicyclic) bond motifs is 1. The van der Waals surface area contributed by atoms with Crippen molar-refractivity contribution >= 4 is 20.9 Å². The number of benzene rings is 2. The third kappa shape index (κ3) is 2.45. The van der Waals surface area contributed by atoms with Crippen LogP contribution in [-0.4, -0.2) is 24.6 Å². The van der Waals surface area contributed by atoms with Crippen LogP contribution >= 0.6 is 0 Å². The van der Waals surface area contributed by atoms with Gasteiger partial charge in [0.2, 0.25) is 0 Å². The van der Waals surface area contributed by atoms with Gasteiger partial charge in [0.05, 0.1) is 15.9 Å². The SMILES string of the molecule is Cc1cccc(-c2nc3ccc(S(C)(=O)=O)cc3[nH]2)c1C. The molecule has 4 nitrogen and oxygen atoms in total. The first-order valence-electron chi connectivity index (χ1n) is 6.62. The summed E-state index contributed by atoms with van der Waals surface area (Å²) in [7, 11) is -3.21. The number of nitrogens with zero attached hydrogens (tertiary/aromatic N) is 1. The van der Waals surface area contributed by atoms with Crippen LogP contribution in [0.5, 0.6) is 0 Å². The molecule has 0 saturated heterocycles. The molecule has 1 N–H and O–H groups in total. The van der Waals surface area contributed by atoms with Gasteiger partial charge in [0.25, 0.3) is 0 Å². The zero-order valence-electron chi connectivity index (χ0n) is 12.1. The first-order chi connectivity index (χ1) is 9.86. The van der Waals surface area contributed by atoms with Crippen molar-refractivity contribution in [2.45, 2.75) is 18.7 Å². The number of aromatic nitrogens is 2. The molecule has 2 aromatic carbocycles. The Labute approximate surface area is 123 Å². The predicted octanol–water partition coefficient (Wildman–Crippen LogP) is 3.25. The van der Waals surface area contributed by atoms with E-state index in [1.165, 1.54) is 17.4 Å². The molecule has 0 amide bonds. The van der Waals surface area contributed by atoms with Crippen LogP contribution < -0.4 is 0 Å². The number of rotatable bonds is 2. The van der Waals surface area contributed by atoms with E-state index in [0.717, 1.165) is 22.4 Å². The van der Waals surface area contributed by atoms with Gasteiger partial charge in [-0.3, -0.25) is 0 Å². The standard InChI is InChI=1S/C16H16N2O2S/c1-10-5-4-6-13(11(10)2)16-17-14-8-7-12(21(3,19)20)9-15(14)18-16/h4-9H,1-3H3,(H,17,18). The van der Waals surface area contributed by atoms with Crippen molar-refractivity contribution in [3.05, 3.63) is 47.5 Å². The molecule has 0 aliphatic carbocycles. The van der Waals surface area contributed by atoms with Crippen molar-refractivity contribution in [2.24, 2.45) is 0 Å². The third-order valence-electron chi connectivity index (χ3n) is 3.74. The van der Waals surface area contributed by atoms with E-state index >= 15 is 0 Å². The lowest BCUT2D eigenvalue weighted by atomic mass is 10.0. The number of hydrogen-bond acceptors (Lipinski definition) is 3. The van der Waals surface area contributed by atoms with Gasteiger partial charge in [-0.05, 0) is 43.2 Å². The van der Waals surface area contributed by atoms with Crippen LogP contribution in [-0.2, 0) is 9.84 Å². The van der Waals surface area contributed by atoms with E-state index in [1.54, 1.807) is 18.2 Å². The second-order valence-electron chi connectivity index (χ2n) is 5.28. The molecule has 21 heavy (non-hydrogen) atoms. The summed E-state index contributed by atoms with van der Waals surface area (Å²) in [6.45, 7) is 4.11. The molecule has 0 aliphatic heterocycles. The molecule has 0 unspecified atom stereocenters. The molecule has 0 fully saturated rings. The fourth-order valence-electron chi connectivity index (χ4n) is 2.35. The molecule has 0 bridgehead atoms. The van der Waals surface area contributed by atoms with E-state index in [0.29, 0.717) is 4.90 Å². The molecule has 3 aromatic rings. The van der Waals surface area contributed by atoms with E-state index in [9.17, 15) is 8.42 Å². The summed E-state index contributed by atoms with van der Waals surface area (Å²) >= 11 is 0. The van der Waals surface area contributed by atoms with Crippen molar-refractivity contribution in [3.8, 4) is 11.4 Å². The van der Waals surface area contributed by atoms with E-state index < -0.39 is 9.84 Å². The van der Waals surface area contributed by atoms with Gasteiger partial charge < -0.3 is 4.98 Å². The highest BCUT2D eigenvalue weighted by Crippen LogP contribution is 2.26. The van der Waals surface area contributed by atoms with Gasteiger partial charge in [-0.1, -0.05) is 18.2 Å². The lowest BCUT2D eigenvalue weighted by Gasteiger charge is -2.05. The van der Waals surface area contributed by atoms with Crippen LogP contribution in [0.1, 0.15) is 11.1 Å². The highest BCUT2D eigenvalue weighted by molar-refractivity contribution is 7.90. The van der Waals surface area contributed by atoms with E-state index in [-0.39, 0.29) is 0 Å². The number of nitrogens with one attached hydrogen (secondary N) is 1. The number of aromatic amines is 1. The Morgan fingerprint density at radius 2 is 1.86 bits per heavy atom. The van der Waals surface area contributed by atoms with Gasteiger partial charge >= 0.3 is 0 Å². The van der Waals surface area contributed by atoms with E-state index in [4.69, 9.17) is 0 Å². The Bertz CT molecular complexity index is 940. The minimum atomic E-state index is -3.21. The topological polar surface area (TPSA) is 62.8 Å². The molecular weight excluding hydrogens is 284 g/mol. The number of aryl methyl sites for hydroxylation is 1. The third-order valence-corrected chi connectivity index (χ3v) is 4.85. The minimum absolute atomic E-state index is 0.297. The maximum Gasteiger partial charge on any atom is 0.175 e. The molecule has 0 saturated carbocycles. The molecule has 1 heterocycles. The van der Waals surface area contributed by atoms with Crippen LogP contribution in [0.15, 0.2) is 41.3 Å². The van der Waals surface area contributed by atoms with Gasteiger partial charge in [0.1, 0.15) is 5.82 Å². The average molecular weight is 300 g/mol. The monoisotopic (exact) mass is 300 g/mol. The molecule has 0 atom stereocenters. The van der Waals surface area contributed by atoms with Crippen molar-refractivity contribution in [3.63, 3.8) is 0 Å². The molecule has 1 aromatic heterocycles. The summed E-state index contributed by atoms with van der Waals surface area (Å²) in [5.74, 6) is 0.761. The van der Waals surface area contributed by atoms with Crippen LogP contribution in [0.3, 0.4) is 0 Å². The van der Waals surface area contributed by atoms with Crippen LogP contribution in [0.2, 0.25) is 0 Å². The molecule has 0 spiro atoms. The Morgan fingerprint density at radius 1 is 1.10 bits per heavy atom. The smallest absolute Gasteiger partial charge is 0.175 e. The molecule has 5 heteroatoms. The quantitative estimate of drug-likeness (QED) is 0.790. The first-order valence-corrected chi connectivity index (χ1v) is 8.52. The molecule has 0 radical (unpaired) electrons. The number of sulfone groups is 1. The predicted molar refractivity (Wildman–Crippen MR) is 84.1 cm³/mol. The van der Waals surface area contributed by atoms with Crippen LogP contribution in [0.4, 0.5) is 0 Å². The van der Waals surface area contributed by atoms with Crippen molar-refractivity contribution in [2.75, 3.05) is 6.26 Å². The zero-order valence-corrected chi connectivity index (χ0v) is 13.0. The molecule has 3 rings (SSSR count). The van der Waals surface area contributed by atoms with Crippen LogP contribution in [0, 0.1) is 13.8 Å². The lowest BCUT2D eigenvalue weighted by molar-refractivity contribution is 0.602. The maximum atomic E-state index is 11.6. The lowest BCUT2D eigenvalue weighted by Crippen LogP contribution is -1.96. The van der Waals surface area contributed by atoms with Crippen molar-refractivity contribution in [1.29, 1.82) is 0 Å². The summed E-state index contributed by atoms with van der Waals surface area (Å²) in [6.07, 6.45) is 1.20. The summed E-state index contributed by atoms with van der Waals surface area (Å²) in [6, 6.07) is 11.0. The average Bonchev–Trinajstić information content (AvgIpc) is 2.83. The van der Waals surface area contributed by atoms with Gasteiger partial charge in [-0.2, -0.15) is 0 Å². The number of hydrogen-bond donors (Lipinski definition) is 1. The fourth-order valence-corrected chi connectivity index (χ4v) is 3.00. The second-order valence-corrected chi connectivity index (χ2v) is 7.30. The first kappa shape index (κ1) is 13.8. The summed E-state index contributed by atoms with van der Waals surface area (Å²) < 4.78 is 23.2. The van der Waals surface area contributed by atoms with E-state index in [1.807, 2.05) is 12.1 Å². The van der Waals surface area contributed by atoms with Crippen molar-refractivity contribution < 1.29 is 8.42 Å². The molecular formula is C16H16N2O2S. The number of imidazole rings is 1. The Kier molecular flexibility index (Phi) is 3.10. The fraction of sp³-hybridized carbons (Fsp3) is 0.188. The maximum absolute atomic E-state index is 11.6. The summed E-state index contributed by atoms with van der Waals surface area (Å²) in [5.41, 5.74) is 4.89. The highest BCUT2D eigenvalue weighted by atomic mass is 32.2. The van der Waals surface area contributed by atoms with Crippen molar-refractivity contribution in [1.82, 2.24) is 9.97 Å². The summed E-state index contributed by atoms with van der Waals surface area (Å²) in [4.78, 5) is 8.07. The van der Waals surface area contributed by atoms with Gasteiger partial charge in [-0.15, -0.1) is 0 Å². The van der Waals surface area contributed by atoms with Crippen LogP contribution in [0.25, 0.3) is 22.4 Å². The molecule has 0 aliphatic rings. The second kappa shape index (κ2) is 4.70. The highest BCUT2D eigenvalue weighted by Gasteiger charge is 2.12. The minimum Gasteiger partial charge on any atom is -0.338 e. The Hall–Kier alpha value is -2.14. The Morgan fingerprint density at radius 3 is 2.57 bits per heavy atom. The van der Waals surface area contributed by atoms with Gasteiger partial charge in [-0.25, -0.2) is 13.4 Å². The number of H-pyrrole nitrogens is 1. The van der Waals surface area contributed by atoms with E-state index in [2.05, 4.69) is 29.9 Å². The normalized spacial score (nSPS) is 12.0. The zero-order chi connectivity index (χ0) is 15.2. The van der Waals surface area contributed by atoms with Gasteiger partial charge in [0.15, 0.2) is 9.84 Å².